The van der Waals surface area contributed by atoms with Gasteiger partial charge < -0.3 is 4.74 Å². The van der Waals surface area contributed by atoms with Crippen LogP contribution >= 0.6 is 11.6 Å². The van der Waals surface area contributed by atoms with E-state index in [1.165, 1.54) is 6.07 Å². The van der Waals surface area contributed by atoms with E-state index >= 15 is 0 Å². The van der Waals surface area contributed by atoms with Gasteiger partial charge >= 0.3 is 0 Å². The fourth-order valence-corrected chi connectivity index (χ4v) is 4.09. The molecule has 1 N–H and O–H groups in total. The fraction of sp³-hybridized carbons (Fsp3) is 0.200. The first-order chi connectivity index (χ1) is 10.1. The van der Waals surface area contributed by atoms with Crippen molar-refractivity contribution in [1.82, 2.24) is 4.72 Å². The summed E-state index contributed by atoms with van der Waals surface area (Å²) in [5.41, 5.74) is 0.996. The Morgan fingerprint density at radius 2 is 1.81 bits per heavy atom. The van der Waals surface area contributed by atoms with Gasteiger partial charge in [0.1, 0.15) is 17.3 Å². The minimum atomic E-state index is -3.66. The third-order valence-corrected chi connectivity index (χ3v) is 5.35. The number of para-hydroxylation sites is 1. The molecule has 0 aromatic heterocycles. The minimum absolute atomic E-state index is 0.0884. The summed E-state index contributed by atoms with van der Waals surface area (Å²) in [7, 11) is -3.66. The molecule has 3 rings (SSSR count). The molecule has 110 valence electrons. The summed E-state index contributed by atoms with van der Waals surface area (Å²) in [6, 6.07) is 13.7. The molecule has 0 saturated heterocycles. The molecule has 2 aromatic carbocycles. The van der Waals surface area contributed by atoms with E-state index in [0.717, 1.165) is 11.3 Å². The summed E-state index contributed by atoms with van der Waals surface area (Å²) in [6.45, 7) is 0.306. The first-order valence-electron chi connectivity index (χ1n) is 6.54. The van der Waals surface area contributed by atoms with Crippen LogP contribution in [-0.4, -0.2) is 21.1 Å². The van der Waals surface area contributed by atoms with Crippen LogP contribution in [0.5, 0.6) is 5.75 Å². The van der Waals surface area contributed by atoms with Gasteiger partial charge in [-0.15, -0.1) is 0 Å². The predicted molar refractivity (Wildman–Crippen MR) is 81.2 cm³/mol. The zero-order chi connectivity index (χ0) is 14.9. The fourth-order valence-electron chi connectivity index (χ4n) is 2.35. The van der Waals surface area contributed by atoms with Crippen LogP contribution < -0.4 is 9.46 Å². The monoisotopic (exact) mass is 323 g/mol. The van der Waals surface area contributed by atoms with Crippen LogP contribution in [0.1, 0.15) is 5.56 Å². The maximum absolute atomic E-state index is 12.4. The van der Waals surface area contributed by atoms with E-state index in [1.54, 1.807) is 18.2 Å². The van der Waals surface area contributed by atoms with E-state index in [2.05, 4.69) is 4.72 Å². The smallest absolute Gasteiger partial charge is 0.242 e. The lowest BCUT2D eigenvalue weighted by molar-refractivity contribution is 0.254. The lowest BCUT2D eigenvalue weighted by Crippen LogP contribution is -2.42. The Morgan fingerprint density at radius 3 is 2.62 bits per heavy atom. The van der Waals surface area contributed by atoms with Gasteiger partial charge in [-0.2, -0.15) is 0 Å². The first-order valence-corrected chi connectivity index (χ1v) is 8.40. The Labute approximate surface area is 128 Å². The number of benzene rings is 2. The van der Waals surface area contributed by atoms with Crippen LogP contribution in [0.15, 0.2) is 53.4 Å². The number of sulfonamides is 1. The summed E-state index contributed by atoms with van der Waals surface area (Å²) in [4.78, 5) is 0.0884. The van der Waals surface area contributed by atoms with Gasteiger partial charge in [0.15, 0.2) is 0 Å². The Bertz CT molecular complexity index is 761. The van der Waals surface area contributed by atoms with E-state index in [9.17, 15) is 8.42 Å². The molecule has 1 heterocycles. The van der Waals surface area contributed by atoms with Crippen LogP contribution in [-0.2, 0) is 16.4 Å². The van der Waals surface area contributed by atoms with Gasteiger partial charge in [-0.25, -0.2) is 13.1 Å². The molecule has 1 aliphatic heterocycles. The minimum Gasteiger partial charge on any atom is -0.492 e. The van der Waals surface area contributed by atoms with Crippen molar-refractivity contribution in [2.45, 2.75) is 17.4 Å². The van der Waals surface area contributed by atoms with Crippen LogP contribution in [0.2, 0.25) is 5.02 Å². The van der Waals surface area contributed by atoms with Crippen molar-refractivity contribution in [3.8, 4) is 5.75 Å². The molecule has 0 spiro atoms. The number of fused-ring (bicyclic) bond motifs is 1. The maximum Gasteiger partial charge on any atom is 0.242 e. The summed E-state index contributed by atoms with van der Waals surface area (Å²) in [5, 5.41) is 0.210. The first kappa shape index (κ1) is 14.4. The van der Waals surface area contributed by atoms with E-state index < -0.39 is 10.0 Å². The van der Waals surface area contributed by atoms with Crippen LogP contribution in [0.25, 0.3) is 0 Å². The highest BCUT2D eigenvalue weighted by atomic mass is 35.5. The molecule has 1 atom stereocenters. The van der Waals surface area contributed by atoms with Crippen molar-refractivity contribution in [2.75, 3.05) is 6.61 Å². The standard InChI is InChI=1S/C15H14ClNO3S/c16-13-6-2-4-8-15(13)21(18,19)17-12-9-11-5-1-3-7-14(11)20-10-12/h1-8,12,17H,9-10H2. The van der Waals surface area contributed by atoms with Crippen molar-refractivity contribution in [2.24, 2.45) is 0 Å². The highest BCUT2D eigenvalue weighted by molar-refractivity contribution is 7.89. The second-order valence-corrected chi connectivity index (χ2v) is 6.96. The Morgan fingerprint density at radius 1 is 1.10 bits per heavy atom. The lowest BCUT2D eigenvalue weighted by Gasteiger charge is -2.26. The summed E-state index contributed by atoms with van der Waals surface area (Å²) in [6.07, 6.45) is 0.597. The normalized spacial score (nSPS) is 17.9. The number of ether oxygens (including phenoxy) is 1. The average Bonchev–Trinajstić information content (AvgIpc) is 2.47. The molecule has 21 heavy (non-hydrogen) atoms. The topological polar surface area (TPSA) is 55.4 Å². The van der Waals surface area contributed by atoms with Gasteiger partial charge in [0.05, 0.1) is 11.1 Å². The van der Waals surface area contributed by atoms with E-state index in [-0.39, 0.29) is 16.0 Å². The molecule has 0 aliphatic carbocycles. The van der Waals surface area contributed by atoms with Crippen LogP contribution in [0, 0.1) is 0 Å². The molecular weight excluding hydrogens is 310 g/mol. The van der Waals surface area contributed by atoms with Crippen molar-refractivity contribution >= 4 is 21.6 Å². The van der Waals surface area contributed by atoms with Crippen LogP contribution in [0.3, 0.4) is 0 Å². The highest BCUT2D eigenvalue weighted by Gasteiger charge is 2.26. The second kappa shape index (κ2) is 5.67. The van der Waals surface area contributed by atoms with Gasteiger partial charge in [0.25, 0.3) is 0 Å². The Kier molecular flexibility index (Phi) is 3.89. The van der Waals surface area contributed by atoms with Crippen molar-refractivity contribution in [1.29, 1.82) is 0 Å². The van der Waals surface area contributed by atoms with Gasteiger partial charge in [-0.05, 0) is 30.2 Å². The third-order valence-electron chi connectivity index (χ3n) is 3.33. The number of halogens is 1. The van der Waals surface area contributed by atoms with Crippen molar-refractivity contribution < 1.29 is 13.2 Å². The zero-order valence-corrected chi connectivity index (χ0v) is 12.7. The molecule has 1 aliphatic rings. The second-order valence-electron chi connectivity index (χ2n) is 4.87. The molecule has 0 radical (unpaired) electrons. The molecule has 0 bridgehead atoms. The number of nitrogens with one attached hydrogen (secondary N) is 1. The zero-order valence-electron chi connectivity index (χ0n) is 11.1. The summed E-state index contributed by atoms with van der Waals surface area (Å²) in [5.74, 6) is 0.811. The third kappa shape index (κ3) is 3.05. The molecule has 0 fully saturated rings. The molecule has 1 unspecified atom stereocenters. The lowest BCUT2D eigenvalue weighted by atomic mass is 10.0. The van der Waals surface area contributed by atoms with Gasteiger partial charge in [0, 0.05) is 0 Å². The SMILES string of the molecule is O=S(=O)(NC1COc2ccccc2C1)c1ccccc1Cl. The molecule has 0 amide bonds. The Hall–Kier alpha value is -1.56. The molecule has 0 saturated carbocycles. The average molecular weight is 324 g/mol. The molecular formula is C15H14ClNO3S. The molecule has 6 heteroatoms. The van der Waals surface area contributed by atoms with Crippen molar-refractivity contribution in [3.05, 3.63) is 59.1 Å². The summed E-state index contributed by atoms with van der Waals surface area (Å²) >= 11 is 5.96. The summed E-state index contributed by atoms with van der Waals surface area (Å²) < 4.78 is 33.0. The van der Waals surface area contributed by atoms with Gasteiger partial charge in [-0.3, -0.25) is 0 Å². The van der Waals surface area contributed by atoms with Crippen LogP contribution in [0.4, 0.5) is 0 Å². The number of rotatable bonds is 3. The number of hydrogen-bond donors (Lipinski definition) is 1. The predicted octanol–water partition coefficient (Wildman–Crippen LogP) is 2.62. The van der Waals surface area contributed by atoms with Gasteiger partial charge in [0.2, 0.25) is 10.0 Å². The quantitative estimate of drug-likeness (QED) is 0.944. The largest absolute Gasteiger partial charge is 0.492 e. The number of hydrogen-bond acceptors (Lipinski definition) is 3. The molecule has 4 nitrogen and oxygen atoms in total. The van der Waals surface area contributed by atoms with E-state index in [1.807, 2.05) is 24.3 Å². The van der Waals surface area contributed by atoms with E-state index in [0.29, 0.717) is 13.0 Å². The molecule has 2 aromatic rings. The Balaban J connectivity index is 1.80. The highest BCUT2D eigenvalue weighted by Crippen LogP contribution is 2.26. The van der Waals surface area contributed by atoms with Gasteiger partial charge in [-0.1, -0.05) is 41.9 Å². The van der Waals surface area contributed by atoms with Crippen molar-refractivity contribution in [3.63, 3.8) is 0 Å². The maximum atomic E-state index is 12.4. The van der Waals surface area contributed by atoms with E-state index in [4.69, 9.17) is 16.3 Å².